The average Bonchev–Trinajstić information content (AvgIpc) is 2.93. The molecule has 3 rings (SSSR count). The first-order valence-electron chi connectivity index (χ1n) is 6.55. The molecule has 0 bridgehead atoms. The molecule has 0 saturated heterocycles. The Morgan fingerprint density at radius 1 is 1.15 bits per heavy atom. The predicted molar refractivity (Wildman–Crippen MR) is 83.2 cm³/mol. The quantitative estimate of drug-likeness (QED) is 0.777. The van der Waals surface area contributed by atoms with Gasteiger partial charge in [0.1, 0.15) is 12.4 Å². The number of fused-ring (bicyclic) bond motifs is 1. The van der Waals surface area contributed by atoms with Crippen LogP contribution in [0.2, 0.25) is 0 Å². The third kappa shape index (κ3) is 2.98. The number of benzene rings is 1. The van der Waals surface area contributed by atoms with Gasteiger partial charge in [-0.2, -0.15) is 0 Å². The molecule has 4 heteroatoms. The van der Waals surface area contributed by atoms with Crippen LogP contribution in [-0.2, 0) is 13.2 Å². The van der Waals surface area contributed by atoms with E-state index in [1.54, 1.807) is 17.5 Å². The standard InChI is InChI=1S/C16H16N2OS/c1-17-10-14-6-7-15(20-14)11-19-13-5-4-12-3-2-8-18-16(12)9-13/h2-9,17H,10-11H2,1H3. The Balaban J connectivity index is 1.69. The highest BCUT2D eigenvalue weighted by molar-refractivity contribution is 7.11. The van der Waals surface area contributed by atoms with Crippen LogP contribution in [0.4, 0.5) is 0 Å². The normalized spacial score (nSPS) is 10.8. The second kappa shape index (κ2) is 6.03. The van der Waals surface area contributed by atoms with Crippen molar-refractivity contribution in [2.24, 2.45) is 0 Å². The fourth-order valence-corrected chi connectivity index (χ4v) is 3.00. The topological polar surface area (TPSA) is 34.1 Å². The Hall–Kier alpha value is -1.91. The van der Waals surface area contributed by atoms with Gasteiger partial charge in [-0.3, -0.25) is 4.98 Å². The molecule has 102 valence electrons. The van der Waals surface area contributed by atoms with Crippen molar-refractivity contribution in [1.29, 1.82) is 0 Å². The molecular formula is C16H16N2OS. The molecule has 0 aliphatic heterocycles. The second-order valence-electron chi connectivity index (χ2n) is 4.54. The van der Waals surface area contributed by atoms with E-state index in [9.17, 15) is 0 Å². The van der Waals surface area contributed by atoms with Gasteiger partial charge in [-0.25, -0.2) is 0 Å². The zero-order valence-corrected chi connectivity index (χ0v) is 12.1. The Morgan fingerprint density at radius 3 is 2.95 bits per heavy atom. The van der Waals surface area contributed by atoms with Gasteiger partial charge in [-0.05, 0) is 37.4 Å². The summed E-state index contributed by atoms with van der Waals surface area (Å²) in [4.78, 5) is 6.90. The van der Waals surface area contributed by atoms with E-state index in [1.165, 1.54) is 9.75 Å². The van der Waals surface area contributed by atoms with Crippen molar-refractivity contribution in [3.8, 4) is 5.75 Å². The van der Waals surface area contributed by atoms with Crippen LogP contribution < -0.4 is 10.1 Å². The molecule has 3 aromatic rings. The van der Waals surface area contributed by atoms with E-state index in [0.29, 0.717) is 6.61 Å². The lowest BCUT2D eigenvalue weighted by molar-refractivity contribution is 0.310. The first-order valence-corrected chi connectivity index (χ1v) is 7.36. The largest absolute Gasteiger partial charge is 0.488 e. The summed E-state index contributed by atoms with van der Waals surface area (Å²) in [5.74, 6) is 0.861. The summed E-state index contributed by atoms with van der Waals surface area (Å²) in [6.07, 6.45) is 1.80. The number of nitrogens with zero attached hydrogens (tertiary/aromatic N) is 1. The highest BCUT2D eigenvalue weighted by Gasteiger charge is 2.02. The Kier molecular flexibility index (Phi) is 3.95. The second-order valence-corrected chi connectivity index (χ2v) is 5.80. The molecule has 0 aliphatic carbocycles. The molecule has 0 amide bonds. The van der Waals surface area contributed by atoms with Gasteiger partial charge in [0.2, 0.25) is 0 Å². The first kappa shape index (κ1) is 13.1. The molecule has 0 saturated carbocycles. The number of rotatable bonds is 5. The number of nitrogens with one attached hydrogen (secondary N) is 1. The minimum atomic E-state index is 0.604. The van der Waals surface area contributed by atoms with Crippen LogP contribution in [0.3, 0.4) is 0 Å². The summed E-state index contributed by atoms with van der Waals surface area (Å²) in [5.41, 5.74) is 0.965. The summed E-state index contributed by atoms with van der Waals surface area (Å²) in [7, 11) is 1.96. The van der Waals surface area contributed by atoms with Crippen molar-refractivity contribution in [3.63, 3.8) is 0 Å². The van der Waals surface area contributed by atoms with E-state index in [-0.39, 0.29) is 0 Å². The summed E-state index contributed by atoms with van der Waals surface area (Å²) in [6, 6.07) is 14.3. The number of aromatic nitrogens is 1. The van der Waals surface area contributed by atoms with Crippen LogP contribution in [0.5, 0.6) is 5.75 Å². The maximum Gasteiger partial charge on any atom is 0.122 e. The highest BCUT2D eigenvalue weighted by atomic mass is 32.1. The van der Waals surface area contributed by atoms with E-state index < -0.39 is 0 Å². The fourth-order valence-electron chi connectivity index (χ4n) is 2.06. The average molecular weight is 284 g/mol. The van der Waals surface area contributed by atoms with Crippen LogP contribution in [0, 0.1) is 0 Å². The fraction of sp³-hybridized carbons (Fsp3) is 0.188. The molecule has 0 fully saturated rings. The van der Waals surface area contributed by atoms with Crippen molar-refractivity contribution in [2.45, 2.75) is 13.2 Å². The monoisotopic (exact) mass is 284 g/mol. The zero-order chi connectivity index (χ0) is 13.8. The molecule has 0 spiro atoms. The van der Waals surface area contributed by atoms with Gasteiger partial charge in [0.15, 0.2) is 0 Å². The Morgan fingerprint density at radius 2 is 2.05 bits per heavy atom. The van der Waals surface area contributed by atoms with Crippen LogP contribution in [0.25, 0.3) is 10.9 Å². The molecule has 3 nitrogen and oxygen atoms in total. The van der Waals surface area contributed by atoms with E-state index in [0.717, 1.165) is 23.2 Å². The Labute approximate surface area is 122 Å². The summed E-state index contributed by atoms with van der Waals surface area (Å²) >= 11 is 1.78. The zero-order valence-electron chi connectivity index (χ0n) is 11.3. The van der Waals surface area contributed by atoms with Gasteiger partial charge in [0, 0.05) is 33.9 Å². The van der Waals surface area contributed by atoms with Gasteiger partial charge in [-0.1, -0.05) is 6.07 Å². The van der Waals surface area contributed by atoms with Crippen molar-refractivity contribution >= 4 is 22.2 Å². The number of thiophene rings is 1. The lowest BCUT2D eigenvalue weighted by Gasteiger charge is -2.05. The molecule has 2 aromatic heterocycles. The van der Waals surface area contributed by atoms with Crippen LogP contribution in [-0.4, -0.2) is 12.0 Å². The smallest absolute Gasteiger partial charge is 0.122 e. The van der Waals surface area contributed by atoms with Gasteiger partial charge >= 0.3 is 0 Å². The van der Waals surface area contributed by atoms with Crippen molar-refractivity contribution in [3.05, 3.63) is 58.4 Å². The van der Waals surface area contributed by atoms with Gasteiger partial charge < -0.3 is 10.1 Å². The van der Waals surface area contributed by atoms with Crippen molar-refractivity contribution < 1.29 is 4.74 Å². The van der Waals surface area contributed by atoms with Gasteiger partial charge in [0.05, 0.1) is 5.52 Å². The Bertz CT molecular complexity index is 708. The number of hydrogen-bond donors (Lipinski definition) is 1. The molecule has 0 unspecified atom stereocenters. The lowest BCUT2D eigenvalue weighted by Crippen LogP contribution is -2.02. The third-order valence-electron chi connectivity index (χ3n) is 3.03. The minimum Gasteiger partial charge on any atom is -0.488 e. The SMILES string of the molecule is CNCc1ccc(COc2ccc3cccnc3c2)s1. The molecule has 1 N–H and O–H groups in total. The molecule has 1 aromatic carbocycles. The highest BCUT2D eigenvalue weighted by Crippen LogP contribution is 2.22. The van der Waals surface area contributed by atoms with Crippen LogP contribution >= 0.6 is 11.3 Å². The molecule has 20 heavy (non-hydrogen) atoms. The number of hydrogen-bond acceptors (Lipinski definition) is 4. The van der Waals surface area contributed by atoms with Crippen molar-refractivity contribution in [2.75, 3.05) is 7.05 Å². The van der Waals surface area contributed by atoms with E-state index in [4.69, 9.17) is 4.74 Å². The van der Waals surface area contributed by atoms with E-state index >= 15 is 0 Å². The third-order valence-corrected chi connectivity index (χ3v) is 4.09. The minimum absolute atomic E-state index is 0.604. The first-order chi connectivity index (χ1) is 9.85. The molecular weight excluding hydrogens is 268 g/mol. The lowest BCUT2D eigenvalue weighted by atomic mass is 10.2. The summed E-state index contributed by atoms with van der Waals surface area (Å²) < 4.78 is 5.84. The maximum absolute atomic E-state index is 5.84. The molecule has 0 radical (unpaired) electrons. The van der Waals surface area contributed by atoms with Crippen molar-refractivity contribution in [1.82, 2.24) is 10.3 Å². The maximum atomic E-state index is 5.84. The van der Waals surface area contributed by atoms with Crippen LogP contribution in [0.15, 0.2) is 48.7 Å². The van der Waals surface area contributed by atoms with E-state index in [2.05, 4.69) is 28.5 Å². The number of pyridine rings is 1. The number of ether oxygens (including phenoxy) is 1. The van der Waals surface area contributed by atoms with E-state index in [1.807, 2.05) is 31.3 Å². The summed E-state index contributed by atoms with van der Waals surface area (Å²) in [6.45, 7) is 1.51. The van der Waals surface area contributed by atoms with Gasteiger partial charge in [0.25, 0.3) is 0 Å². The molecule has 0 atom stereocenters. The predicted octanol–water partition coefficient (Wildman–Crippen LogP) is 3.59. The molecule has 2 heterocycles. The van der Waals surface area contributed by atoms with Crippen LogP contribution in [0.1, 0.15) is 9.75 Å². The van der Waals surface area contributed by atoms with Gasteiger partial charge in [-0.15, -0.1) is 11.3 Å². The molecule has 0 aliphatic rings. The summed E-state index contributed by atoms with van der Waals surface area (Å²) in [5, 5.41) is 4.28.